The molecule has 2 aliphatic rings. The van der Waals surface area contributed by atoms with Gasteiger partial charge in [0.05, 0.1) is 12.1 Å². The molecule has 1 fully saturated rings. The molecule has 174 valence electrons. The highest BCUT2D eigenvalue weighted by Crippen LogP contribution is 2.33. The van der Waals surface area contributed by atoms with Gasteiger partial charge in [0.2, 0.25) is 11.8 Å². The van der Waals surface area contributed by atoms with Crippen molar-refractivity contribution >= 4 is 40.8 Å². The topological polar surface area (TPSA) is 108 Å². The van der Waals surface area contributed by atoms with Crippen LogP contribution in [0.15, 0.2) is 23.6 Å². The first-order valence-electron chi connectivity index (χ1n) is 11.1. The number of nitrogens with one attached hydrogen (secondary N) is 3. The van der Waals surface area contributed by atoms with Crippen molar-refractivity contribution in [3.8, 4) is 0 Å². The average molecular weight is 469 g/mol. The molecule has 1 atom stereocenters. The van der Waals surface area contributed by atoms with Crippen LogP contribution in [-0.4, -0.2) is 34.7 Å². The Morgan fingerprint density at radius 2 is 2.06 bits per heavy atom. The Balaban J connectivity index is 1.40. The maximum atomic E-state index is 12.9. The molecule has 0 unspecified atom stereocenters. The second kappa shape index (κ2) is 9.35. The molecule has 4 rings (SSSR count). The second-order valence-corrected chi connectivity index (χ2v) is 9.80. The van der Waals surface area contributed by atoms with Crippen molar-refractivity contribution in [2.75, 3.05) is 5.32 Å². The van der Waals surface area contributed by atoms with Gasteiger partial charge in [-0.05, 0) is 54.5 Å². The highest BCUT2D eigenvalue weighted by molar-refractivity contribution is 7.10. The fraction of sp³-hybridized carbons (Fsp3) is 0.417. The number of hydrogen-bond donors (Lipinski definition) is 3. The van der Waals surface area contributed by atoms with Gasteiger partial charge in [0.25, 0.3) is 5.91 Å². The smallest absolute Gasteiger partial charge is 0.319 e. The largest absolute Gasteiger partial charge is 0.333 e. The van der Waals surface area contributed by atoms with Crippen molar-refractivity contribution < 1.29 is 19.2 Å². The first kappa shape index (κ1) is 23.0. The van der Waals surface area contributed by atoms with Crippen LogP contribution in [0.4, 0.5) is 10.5 Å². The molecule has 2 aromatic rings. The maximum absolute atomic E-state index is 12.9. The number of anilines is 1. The lowest BCUT2D eigenvalue weighted by Gasteiger charge is -2.25. The van der Waals surface area contributed by atoms with Crippen molar-refractivity contribution in [2.24, 2.45) is 0 Å². The molecule has 0 bridgehead atoms. The Kier molecular flexibility index (Phi) is 6.51. The van der Waals surface area contributed by atoms with Gasteiger partial charge in [-0.1, -0.05) is 19.9 Å². The van der Waals surface area contributed by atoms with E-state index < -0.39 is 11.9 Å². The van der Waals surface area contributed by atoms with E-state index >= 15 is 0 Å². The molecule has 0 aliphatic carbocycles. The predicted molar refractivity (Wildman–Crippen MR) is 126 cm³/mol. The van der Waals surface area contributed by atoms with Gasteiger partial charge in [0.15, 0.2) is 0 Å². The fourth-order valence-electron chi connectivity index (χ4n) is 4.42. The summed E-state index contributed by atoms with van der Waals surface area (Å²) in [6, 6.07) is 4.89. The van der Waals surface area contributed by atoms with Crippen LogP contribution in [-0.2, 0) is 22.7 Å². The molecule has 0 radical (unpaired) electrons. The molecule has 3 heterocycles. The Morgan fingerprint density at radius 1 is 1.27 bits per heavy atom. The van der Waals surface area contributed by atoms with Crippen molar-refractivity contribution in [2.45, 2.75) is 65.1 Å². The molecule has 1 aromatic carbocycles. The van der Waals surface area contributed by atoms with Gasteiger partial charge in [-0.15, -0.1) is 11.3 Å². The highest BCUT2D eigenvalue weighted by Gasteiger charge is 2.39. The van der Waals surface area contributed by atoms with E-state index in [0.717, 1.165) is 16.1 Å². The Hall–Kier alpha value is -3.20. The van der Waals surface area contributed by atoms with Gasteiger partial charge in [-0.25, -0.2) is 4.79 Å². The number of hydrogen-bond acceptors (Lipinski definition) is 5. The molecule has 2 aliphatic heterocycles. The van der Waals surface area contributed by atoms with E-state index in [1.165, 1.54) is 27.4 Å². The monoisotopic (exact) mass is 468 g/mol. The summed E-state index contributed by atoms with van der Waals surface area (Å²) in [5, 5.41) is 9.88. The van der Waals surface area contributed by atoms with Crippen LogP contribution in [0.25, 0.3) is 0 Å². The molecule has 3 N–H and O–H groups in total. The second-order valence-electron chi connectivity index (χ2n) is 8.84. The van der Waals surface area contributed by atoms with Crippen molar-refractivity contribution in [3.63, 3.8) is 0 Å². The van der Waals surface area contributed by atoms with Gasteiger partial charge >= 0.3 is 6.03 Å². The molecule has 0 saturated carbocycles. The van der Waals surface area contributed by atoms with Crippen molar-refractivity contribution in [1.29, 1.82) is 0 Å². The number of rotatable bonds is 5. The van der Waals surface area contributed by atoms with E-state index in [-0.39, 0.29) is 30.8 Å². The summed E-state index contributed by atoms with van der Waals surface area (Å²) in [7, 11) is 0. The van der Waals surface area contributed by atoms with E-state index in [1.807, 2.05) is 18.2 Å². The Labute approximate surface area is 196 Å². The quantitative estimate of drug-likeness (QED) is 0.582. The number of carbonyl (C=O) groups is 4. The summed E-state index contributed by atoms with van der Waals surface area (Å²) in [6.07, 6.45) is 1.31. The number of thiophene rings is 1. The number of urea groups is 1. The minimum Gasteiger partial charge on any atom is -0.333 e. The molecule has 5 amide bonds. The molecular formula is C24H28N4O4S. The van der Waals surface area contributed by atoms with Gasteiger partial charge in [-0.2, -0.15) is 0 Å². The number of aryl methyl sites for hydroxylation is 1. The van der Waals surface area contributed by atoms with E-state index in [0.29, 0.717) is 30.9 Å². The Bertz CT molecular complexity index is 1120. The third-order valence-electron chi connectivity index (χ3n) is 6.19. The lowest BCUT2D eigenvalue weighted by molar-refractivity contribution is -0.132. The van der Waals surface area contributed by atoms with Crippen LogP contribution < -0.4 is 16.0 Å². The van der Waals surface area contributed by atoms with E-state index in [9.17, 15) is 19.2 Å². The first-order valence-corrected chi connectivity index (χ1v) is 12.0. The van der Waals surface area contributed by atoms with Gasteiger partial charge in [0.1, 0.15) is 6.04 Å². The van der Waals surface area contributed by atoms with Gasteiger partial charge in [0, 0.05) is 28.9 Å². The molecule has 8 nitrogen and oxygen atoms in total. The van der Waals surface area contributed by atoms with Crippen molar-refractivity contribution in [1.82, 2.24) is 15.5 Å². The van der Waals surface area contributed by atoms with E-state index in [1.54, 1.807) is 5.38 Å². The van der Waals surface area contributed by atoms with Crippen LogP contribution in [0.5, 0.6) is 0 Å². The molecule has 1 saturated heterocycles. The SMILES string of the molecule is Cc1ccc(NC(=O)NCc2scc3c2CN([C@H]2CCCC(=O)NC2=O)C3=O)cc1C(C)C. The summed E-state index contributed by atoms with van der Waals surface area (Å²) < 4.78 is 0. The Morgan fingerprint density at radius 3 is 2.82 bits per heavy atom. The maximum Gasteiger partial charge on any atom is 0.319 e. The average Bonchev–Trinajstić information content (AvgIpc) is 3.25. The molecular weight excluding hydrogens is 440 g/mol. The van der Waals surface area contributed by atoms with E-state index in [4.69, 9.17) is 0 Å². The molecule has 1 aromatic heterocycles. The molecule has 9 heteroatoms. The number of benzene rings is 1. The first-order chi connectivity index (χ1) is 15.7. The van der Waals surface area contributed by atoms with Gasteiger partial charge in [-0.3, -0.25) is 19.7 Å². The summed E-state index contributed by atoms with van der Waals surface area (Å²) in [4.78, 5) is 51.8. The zero-order valence-electron chi connectivity index (χ0n) is 19.0. The standard InChI is InChI=1S/C24H28N4O4S/c1-13(2)16-9-15(8-7-14(16)3)26-24(32)25-10-20-17-11-28(23(31)18(17)12-33-20)19-5-4-6-21(29)27-22(19)30/h7-9,12-13,19H,4-6,10-11H2,1-3H3,(H2,25,26,32)(H,27,29,30)/t19-/m0/s1. The lowest BCUT2D eigenvalue weighted by atomic mass is 9.97. The molecule has 0 spiro atoms. The lowest BCUT2D eigenvalue weighted by Crippen LogP contribution is -2.47. The van der Waals surface area contributed by atoms with Crippen LogP contribution in [0.1, 0.15) is 71.0 Å². The van der Waals surface area contributed by atoms with E-state index in [2.05, 4.69) is 36.7 Å². The summed E-state index contributed by atoms with van der Waals surface area (Å²) in [6.45, 7) is 6.87. The molecule has 33 heavy (non-hydrogen) atoms. The summed E-state index contributed by atoms with van der Waals surface area (Å²) in [5.41, 5.74) is 4.51. The van der Waals surface area contributed by atoms with Crippen LogP contribution in [0, 0.1) is 6.92 Å². The normalized spacial score (nSPS) is 18.2. The number of imide groups is 1. The van der Waals surface area contributed by atoms with Crippen LogP contribution in [0.3, 0.4) is 0 Å². The highest BCUT2D eigenvalue weighted by atomic mass is 32.1. The fourth-order valence-corrected chi connectivity index (χ4v) is 5.39. The minimum absolute atomic E-state index is 0.202. The van der Waals surface area contributed by atoms with Crippen LogP contribution >= 0.6 is 11.3 Å². The zero-order chi connectivity index (χ0) is 23.7. The summed E-state index contributed by atoms with van der Waals surface area (Å²) in [5.74, 6) is -0.559. The van der Waals surface area contributed by atoms with Crippen molar-refractivity contribution in [3.05, 3.63) is 50.7 Å². The third kappa shape index (κ3) is 4.78. The summed E-state index contributed by atoms with van der Waals surface area (Å²) >= 11 is 1.42. The van der Waals surface area contributed by atoms with Gasteiger partial charge < -0.3 is 15.5 Å². The number of fused-ring (bicyclic) bond motifs is 1. The minimum atomic E-state index is -0.651. The number of nitrogens with zero attached hydrogens (tertiary/aromatic N) is 1. The number of carbonyl (C=O) groups excluding carboxylic acids is 4. The van der Waals surface area contributed by atoms with Crippen LogP contribution in [0.2, 0.25) is 0 Å². The predicted octanol–water partition coefficient (Wildman–Crippen LogP) is 3.65. The number of amides is 5. The third-order valence-corrected chi connectivity index (χ3v) is 7.22. The zero-order valence-corrected chi connectivity index (χ0v) is 19.8.